The number of halogens is 1. The van der Waals surface area contributed by atoms with E-state index in [2.05, 4.69) is 21.0 Å². The van der Waals surface area contributed by atoms with Crippen molar-refractivity contribution >= 4 is 36.5 Å². The van der Waals surface area contributed by atoms with Crippen molar-refractivity contribution in [3.63, 3.8) is 0 Å². The Balaban J connectivity index is 2.40. The van der Waals surface area contributed by atoms with Crippen LogP contribution in [-0.2, 0) is 0 Å². The summed E-state index contributed by atoms with van der Waals surface area (Å²) in [7, 11) is 0. The highest BCUT2D eigenvalue weighted by atomic mass is 35.5. The fraction of sp³-hybridized carbons (Fsp3) is 0.556. The van der Waals surface area contributed by atoms with Crippen molar-refractivity contribution in [3.05, 3.63) is 11.8 Å². The lowest BCUT2D eigenvalue weighted by molar-refractivity contribution is 0.534. The summed E-state index contributed by atoms with van der Waals surface area (Å²) in [5, 5.41) is 0. The topological polar surface area (TPSA) is 28.0 Å². The Morgan fingerprint density at radius 2 is 2.50 bits per heavy atom. The number of hydrogen-bond acceptors (Lipinski definition) is 4. The van der Waals surface area contributed by atoms with E-state index in [-0.39, 0.29) is 0 Å². The molecule has 0 aliphatic carbocycles. The minimum absolute atomic E-state index is 0.291. The minimum atomic E-state index is 0.291. The molecular formula is C9H14ClN3S. The molecule has 0 N–H and O–H groups in total. The Labute approximate surface area is 94.1 Å². The summed E-state index contributed by atoms with van der Waals surface area (Å²) in [6.45, 7) is 5.50. The molecule has 0 bridgehead atoms. The van der Waals surface area contributed by atoms with Gasteiger partial charge in [0.1, 0.15) is 6.00 Å². The second-order valence-corrected chi connectivity index (χ2v) is 4.24. The first-order valence-electron chi connectivity index (χ1n) is 4.46. The first kappa shape index (κ1) is 11.8. The molecule has 0 saturated carbocycles. The average Bonchev–Trinajstić information content (AvgIpc) is 2.69. The van der Waals surface area contributed by atoms with Gasteiger partial charge in [-0.3, -0.25) is 9.98 Å². The molecule has 0 atom stereocenters. The van der Waals surface area contributed by atoms with Crippen LogP contribution in [0.25, 0.3) is 0 Å². The van der Waals surface area contributed by atoms with Crippen LogP contribution in [0.2, 0.25) is 0 Å². The average molecular weight is 232 g/mol. The van der Waals surface area contributed by atoms with E-state index in [1.54, 1.807) is 6.21 Å². The van der Waals surface area contributed by atoms with Crippen molar-refractivity contribution in [2.75, 3.05) is 24.8 Å². The zero-order valence-corrected chi connectivity index (χ0v) is 9.60. The van der Waals surface area contributed by atoms with E-state index in [9.17, 15) is 0 Å². The molecule has 1 heterocycles. The lowest BCUT2D eigenvalue weighted by Gasteiger charge is -2.12. The minimum Gasteiger partial charge on any atom is -0.277 e. The molecule has 5 heteroatoms. The number of hydrogen-bond donors (Lipinski definition) is 0. The van der Waals surface area contributed by atoms with Gasteiger partial charge in [-0.15, -0.1) is 11.6 Å². The van der Waals surface area contributed by atoms with Crippen molar-refractivity contribution in [2.24, 2.45) is 9.98 Å². The molecule has 0 radical (unpaired) electrons. The maximum atomic E-state index is 5.41. The van der Waals surface area contributed by atoms with Crippen LogP contribution in [0.1, 0.15) is 6.42 Å². The number of rotatable bonds is 5. The van der Waals surface area contributed by atoms with Gasteiger partial charge in [-0.2, -0.15) is 0 Å². The highest BCUT2D eigenvalue weighted by molar-refractivity contribution is 7.97. The molecule has 3 nitrogen and oxygen atoms in total. The maximum absolute atomic E-state index is 5.41. The number of alkyl halides is 1. The number of nitrogens with zero attached hydrogens (tertiary/aromatic N) is 3. The highest BCUT2D eigenvalue weighted by Gasteiger charge is 2.12. The van der Waals surface area contributed by atoms with Crippen molar-refractivity contribution in [2.45, 2.75) is 6.42 Å². The van der Waals surface area contributed by atoms with Gasteiger partial charge in [0.25, 0.3) is 0 Å². The third-order valence-electron chi connectivity index (χ3n) is 1.81. The third kappa shape index (κ3) is 4.26. The Kier molecular flexibility index (Phi) is 5.91. The summed E-state index contributed by atoms with van der Waals surface area (Å²) in [4.78, 5) is 7.83. The largest absolute Gasteiger partial charge is 0.277 e. The first-order chi connectivity index (χ1) is 6.86. The van der Waals surface area contributed by atoms with E-state index in [0.29, 0.717) is 6.00 Å². The number of aliphatic imine (C=N–C) groups is 2. The van der Waals surface area contributed by atoms with Crippen LogP contribution in [0.4, 0.5) is 0 Å². The standard InChI is InChI=1S/C9H14ClN3S/c1-11-9(3-4-12-8-10)7-13-5-2-6-14-13/h3-4H,1-2,5-8H2/b9-3-,12-4?. The predicted molar refractivity (Wildman–Crippen MR) is 65.5 cm³/mol. The molecule has 1 rings (SSSR count). The molecule has 0 spiro atoms. The van der Waals surface area contributed by atoms with Gasteiger partial charge in [0.05, 0.1) is 12.2 Å². The van der Waals surface area contributed by atoms with Crippen LogP contribution in [0, 0.1) is 0 Å². The van der Waals surface area contributed by atoms with Crippen LogP contribution >= 0.6 is 23.5 Å². The van der Waals surface area contributed by atoms with Crippen LogP contribution in [0.5, 0.6) is 0 Å². The molecule has 1 fully saturated rings. The van der Waals surface area contributed by atoms with Crippen molar-refractivity contribution in [1.82, 2.24) is 4.31 Å². The fourth-order valence-corrected chi connectivity index (χ4v) is 2.22. The first-order valence-corrected chi connectivity index (χ1v) is 5.94. The van der Waals surface area contributed by atoms with Gasteiger partial charge < -0.3 is 0 Å². The highest BCUT2D eigenvalue weighted by Crippen LogP contribution is 2.20. The smallest absolute Gasteiger partial charge is 0.113 e. The fourth-order valence-electron chi connectivity index (χ4n) is 1.14. The van der Waals surface area contributed by atoms with Crippen LogP contribution in [0.15, 0.2) is 21.8 Å². The molecule has 0 aromatic heterocycles. The maximum Gasteiger partial charge on any atom is 0.113 e. The van der Waals surface area contributed by atoms with Crippen LogP contribution < -0.4 is 0 Å². The molecule has 0 amide bonds. The molecule has 0 unspecified atom stereocenters. The van der Waals surface area contributed by atoms with Crippen molar-refractivity contribution in [1.29, 1.82) is 0 Å². The molecule has 0 aromatic carbocycles. The summed E-state index contributed by atoms with van der Waals surface area (Å²) in [5.74, 6) is 1.21. The molecule has 0 aromatic rings. The molecule has 14 heavy (non-hydrogen) atoms. The van der Waals surface area contributed by atoms with Gasteiger partial charge >= 0.3 is 0 Å². The Hall–Kier alpha value is -0.320. The zero-order chi connectivity index (χ0) is 10.2. The molecular weight excluding hydrogens is 218 g/mol. The van der Waals surface area contributed by atoms with E-state index >= 15 is 0 Å². The summed E-state index contributed by atoms with van der Waals surface area (Å²) in [6, 6.07) is 0.291. The zero-order valence-electron chi connectivity index (χ0n) is 8.03. The molecule has 1 aliphatic rings. The van der Waals surface area contributed by atoms with Crippen LogP contribution in [-0.4, -0.2) is 42.1 Å². The van der Waals surface area contributed by atoms with E-state index < -0.39 is 0 Å². The van der Waals surface area contributed by atoms with E-state index in [4.69, 9.17) is 11.6 Å². The van der Waals surface area contributed by atoms with Gasteiger partial charge in [-0.25, -0.2) is 4.31 Å². The Morgan fingerprint density at radius 1 is 1.64 bits per heavy atom. The van der Waals surface area contributed by atoms with Crippen molar-refractivity contribution in [3.8, 4) is 0 Å². The molecule has 1 saturated heterocycles. The normalized spacial score (nSPS) is 19.4. The van der Waals surface area contributed by atoms with Gasteiger partial charge in [0.15, 0.2) is 0 Å². The lowest BCUT2D eigenvalue weighted by atomic mass is 10.4. The quantitative estimate of drug-likeness (QED) is 0.314. The summed E-state index contributed by atoms with van der Waals surface area (Å²) < 4.78 is 2.29. The second-order valence-electron chi connectivity index (χ2n) is 2.82. The van der Waals surface area contributed by atoms with Gasteiger partial charge in [0.2, 0.25) is 0 Å². The van der Waals surface area contributed by atoms with Gasteiger partial charge in [-0.05, 0) is 19.2 Å². The Morgan fingerprint density at radius 3 is 3.07 bits per heavy atom. The van der Waals surface area contributed by atoms with E-state index in [1.165, 1.54) is 12.2 Å². The molecule has 1 aliphatic heterocycles. The Bertz CT molecular complexity index is 234. The third-order valence-corrected chi connectivity index (χ3v) is 3.09. The van der Waals surface area contributed by atoms with E-state index in [0.717, 1.165) is 18.8 Å². The lowest BCUT2D eigenvalue weighted by Crippen LogP contribution is -2.14. The summed E-state index contributed by atoms with van der Waals surface area (Å²) in [5.41, 5.74) is 0.938. The second kappa shape index (κ2) is 7.04. The predicted octanol–water partition coefficient (Wildman–Crippen LogP) is 2.19. The monoisotopic (exact) mass is 231 g/mol. The van der Waals surface area contributed by atoms with Gasteiger partial charge in [0, 0.05) is 18.5 Å². The van der Waals surface area contributed by atoms with E-state index in [1.807, 2.05) is 18.0 Å². The summed E-state index contributed by atoms with van der Waals surface area (Å²) >= 11 is 7.27. The molecule has 78 valence electrons. The van der Waals surface area contributed by atoms with Crippen molar-refractivity contribution < 1.29 is 0 Å². The summed E-state index contributed by atoms with van der Waals surface area (Å²) in [6.07, 6.45) is 4.79. The van der Waals surface area contributed by atoms with Gasteiger partial charge in [-0.1, -0.05) is 11.9 Å². The van der Waals surface area contributed by atoms with Crippen LogP contribution in [0.3, 0.4) is 0 Å². The number of allylic oxidation sites excluding steroid dienone is 1. The SMILES string of the molecule is C=N/C(=C\C=NCCl)CN1CCCS1.